The van der Waals surface area contributed by atoms with Crippen LogP contribution in [-0.4, -0.2) is 218 Å². The summed E-state index contributed by atoms with van der Waals surface area (Å²) in [6, 6.07) is 11.9. The summed E-state index contributed by atoms with van der Waals surface area (Å²) in [6.45, 7) is 12.9. The molecule has 2 bridgehead atoms. The number of methoxy groups -OCH3 is 2. The number of aryl methyl sites for hydroxylation is 1. The number of piperidine rings is 1. The van der Waals surface area contributed by atoms with Crippen LogP contribution in [0.25, 0.3) is 11.5 Å². The number of rotatable bonds is 38. The summed E-state index contributed by atoms with van der Waals surface area (Å²) in [7, 11) is 1.09. The number of carbonyl (C=O) groups excluding carboxylic acids is 5. The van der Waals surface area contributed by atoms with E-state index >= 15 is 0 Å². The summed E-state index contributed by atoms with van der Waals surface area (Å²) in [5, 5.41) is 31.2. The normalized spacial score (nSPS) is 19.7. The van der Waals surface area contributed by atoms with Gasteiger partial charge >= 0.3 is 11.2 Å². The molecule has 7 rings (SSSR count). The van der Waals surface area contributed by atoms with Gasteiger partial charge in [0.05, 0.1) is 88.5 Å². The van der Waals surface area contributed by atoms with Crippen LogP contribution in [0.15, 0.2) is 70.4 Å². The number of hydrogen-bond donors (Lipinski definition) is 3. The SMILES string of the molecule is CCC(C)C(C(CC(=O)N1CCC[C@H]1C(OC)C(C)C(=O)NC(Cc1ccccc1)C(=O)O)OC)N(C)C(=O)C(NC(=O)[C@@H]1[C@H]2CC[C@H](C2)N1C(=O)CCCc1cn(CCOCCOCCOCCOc2ccc(-c3nnc(S(C)(=O)=O)o3)cc2)nn1)C(C)C. The molecule has 5 amide bonds. The van der Waals surface area contributed by atoms with Crippen LogP contribution in [0.5, 0.6) is 5.75 Å². The van der Waals surface area contributed by atoms with Crippen molar-refractivity contribution >= 4 is 45.3 Å². The van der Waals surface area contributed by atoms with Crippen molar-refractivity contribution in [1.82, 2.24) is 50.5 Å². The van der Waals surface area contributed by atoms with Crippen LogP contribution in [0.2, 0.25) is 0 Å². The van der Waals surface area contributed by atoms with Crippen LogP contribution >= 0.6 is 0 Å². The van der Waals surface area contributed by atoms with Crippen molar-refractivity contribution in [1.29, 1.82) is 0 Å². The van der Waals surface area contributed by atoms with Gasteiger partial charge in [-0.3, -0.25) is 24.0 Å². The van der Waals surface area contributed by atoms with Gasteiger partial charge in [-0.25, -0.2) is 17.9 Å². The van der Waals surface area contributed by atoms with Gasteiger partial charge in [0.1, 0.15) is 30.5 Å². The third-order valence-electron chi connectivity index (χ3n) is 17.5. The third kappa shape index (κ3) is 19.1. The number of carbonyl (C=O) groups is 6. The van der Waals surface area contributed by atoms with E-state index in [1.807, 2.05) is 52.1 Å². The lowest BCUT2D eigenvalue weighted by Crippen LogP contribution is -2.60. The molecular weight excluding hydrogens is 1180 g/mol. The molecule has 7 unspecified atom stereocenters. The minimum Gasteiger partial charge on any atom is -0.491 e. The number of benzene rings is 2. The maximum Gasteiger partial charge on any atom is 0.335 e. The Morgan fingerprint density at radius 1 is 0.833 bits per heavy atom. The molecule has 3 aliphatic rings. The number of sulfone groups is 1. The van der Waals surface area contributed by atoms with Crippen molar-refractivity contribution in [3.8, 4) is 17.2 Å². The van der Waals surface area contributed by atoms with Crippen molar-refractivity contribution in [2.24, 2.45) is 23.7 Å². The highest BCUT2D eigenvalue weighted by molar-refractivity contribution is 7.90. The van der Waals surface area contributed by atoms with Crippen LogP contribution in [0.1, 0.15) is 104 Å². The molecule has 4 aromatic rings. The number of likely N-dealkylation sites (N-methyl/N-ethyl adjacent to an activating group) is 1. The molecule has 2 saturated heterocycles. The summed E-state index contributed by atoms with van der Waals surface area (Å²) < 4.78 is 64.8. The lowest BCUT2D eigenvalue weighted by Gasteiger charge is -2.41. The number of fused-ring (bicyclic) bond motifs is 2. The monoisotopic (exact) mass is 1280 g/mol. The molecular formula is C63H92N10O16S. The summed E-state index contributed by atoms with van der Waals surface area (Å²) in [6.07, 6.45) is 6.82. The number of aliphatic carboxylic acids is 1. The number of amides is 5. The minimum absolute atomic E-state index is 0.0325. The predicted molar refractivity (Wildman–Crippen MR) is 328 cm³/mol. The zero-order chi connectivity index (χ0) is 65.1. The Bertz CT molecular complexity index is 3080. The van der Waals surface area contributed by atoms with E-state index in [4.69, 9.17) is 32.8 Å². The zero-order valence-corrected chi connectivity index (χ0v) is 54.2. The average Bonchev–Trinajstić information content (AvgIpc) is 1.84. The molecule has 3 N–H and O–H groups in total. The van der Waals surface area contributed by atoms with E-state index in [-0.39, 0.29) is 72.6 Å². The lowest BCUT2D eigenvalue weighted by molar-refractivity contribution is -0.149. The standard InChI is InChI=1S/C63H92N10O16S/c1-10-41(4)55(51(83-7)38-53(75)72-27-15-19-50(72)57(84-8)42(5)58(76)64-49(62(79)80)36-43-16-12-11-13-17-43)70(6)61(78)54(40(2)3)65-59(77)56-45-21-24-47(37-45)73(56)52(74)20-14-18-46-39-71(69-66-46)28-29-85-30-31-86-32-33-87-34-35-88-48-25-22-44(23-26-48)60-67-68-63(89-60)90(9,81)82/h11-13,16-17,22-23,25-26,39-42,45,47,49-51,54-57H,10,14-15,18-21,24,27-38H2,1-9H3,(H,64,76)(H,65,77)(H,79,80)/t41?,42?,45-,47+,49?,50-,51?,54?,55?,56-,57?/m0/s1. The molecule has 0 radical (unpaired) electrons. The van der Waals surface area contributed by atoms with Crippen molar-refractivity contribution in [2.45, 2.75) is 165 Å². The highest BCUT2D eigenvalue weighted by Gasteiger charge is 2.52. The Morgan fingerprint density at radius 2 is 1.52 bits per heavy atom. The number of aromatic nitrogens is 5. The number of nitrogens with one attached hydrogen (secondary N) is 2. The summed E-state index contributed by atoms with van der Waals surface area (Å²) >= 11 is 0. The van der Waals surface area contributed by atoms with E-state index < -0.39 is 75.3 Å². The fourth-order valence-corrected chi connectivity index (χ4v) is 12.9. The molecule has 27 heteroatoms. The molecule has 1 saturated carbocycles. The average molecular weight is 1280 g/mol. The van der Waals surface area contributed by atoms with E-state index in [1.54, 1.807) is 69.8 Å². The first-order valence-corrected chi connectivity index (χ1v) is 33.2. The van der Waals surface area contributed by atoms with Crippen LogP contribution in [-0.2, 0) is 81.7 Å². The van der Waals surface area contributed by atoms with Crippen molar-refractivity contribution in [2.75, 3.05) is 80.3 Å². The number of likely N-dealkylation sites (tertiary alicyclic amines) is 2. The number of ether oxygens (including phenoxy) is 6. The largest absolute Gasteiger partial charge is 0.491 e. The Labute approximate surface area is 527 Å². The Balaban J connectivity index is 0.820. The molecule has 0 spiro atoms. The topological polar surface area (TPSA) is 316 Å². The van der Waals surface area contributed by atoms with Gasteiger partial charge in [0.2, 0.25) is 45.3 Å². The molecule has 90 heavy (non-hydrogen) atoms. The molecule has 3 fully saturated rings. The van der Waals surface area contributed by atoms with E-state index in [2.05, 4.69) is 31.1 Å². The smallest absolute Gasteiger partial charge is 0.335 e. The first-order chi connectivity index (χ1) is 43.1. The second-order valence-electron chi connectivity index (χ2n) is 24.1. The summed E-state index contributed by atoms with van der Waals surface area (Å²) in [5.41, 5.74) is 2.05. The van der Waals surface area contributed by atoms with Gasteiger partial charge in [0.25, 0.3) is 0 Å². The summed E-state index contributed by atoms with van der Waals surface area (Å²) in [4.78, 5) is 88.9. The molecule has 2 aromatic heterocycles. The Hall–Kier alpha value is -6.91. The Morgan fingerprint density at radius 3 is 2.16 bits per heavy atom. The third-order valence-corrected chi connectivity index (χ3v) is 18.3. The molecule has 496 valence electrons. The van der Waals surface area contributed by atoms with Crippen LogP contribution in [0.4, 0.5) is 0 Å². The fraction of sp³-hybridized carbons (Fsp3) is 0.651. The molecule has 1 aliphatic carbocycles. The van der Waals surface area contributed by atoms with E-state index in [0.717, 1.165) is 36.8 Å². The second kappa shape index (κ2) is 34.0. The minimum atomic E-state index is -3.60. The molecule has 26 nitrogen and oxygen atoms in total. The zero-order valence-electron chi connectivity index (χ0n) is 53.4. The fourth-order valence-electron chi connectivity index (χ4n) is 12.5. The second-order valence-corrected chi connectivity index (χ2v) is 26.0. The van der Waals surface area contributed by atoms with E-state index in [9.17, 15) is 42.3 Å². The molecule has 2 aliphatic heterocycles. The van der Waals surface area contributed by atoms with Gasteiger partial charge in [-0.1, -0.05) is 81.7 Å². The number of carboxylic acid groups (broad SMARTS) is 1. The van der Waals surface area contributed by atoms with Gasteiger partial charge in [-0.2, -0.15) is 0 Å². The van der Waals surface area contributed by atoms with Crippen molar-refractivity contribution < 1.29 is 75.1 Å². The first-order valence-electron chi connectivity index (χ1n) is 31.3. The van der Waals surface area contributed by atoms with Gasteiger partial charge < -0.3 is 63.3 Å². The van der Waals surface area contributed by atoms with E-state index in [1.165, 1.54) is 14.2 Å². The quantitative estimate of drug-likeness (QED) is 0.0522. The lowest BCUT2D eigenvalue weighted by atomic mass is 9.89. The molecule has 4 heterocycles. The number of carboxylic acids is 1. The van der Waals surface area contributed by atoms with Crippen molar-refractivity contribution in [3.05, 3.63) is 72.1 Å². The summed E-state index contributed by atoms with van der Waals surface area (Å²) in [5.74, 6) is -3.31. The molecule has 2 aromatic carbocycles. The van der Waals surface area contributed by atoms with Gasteiger partial charge in [-0.05, 0) is 92.5 Å². The van der Waals surface area contributed by atoms with E-state index in [0.29, 0.717) is 103 Å². The Kier molecular flexibility index (Phi) is 26.6. The maximum absolute atomic E-state index is 14.8. The first kappa shape index (κ1) is 70.5. The number of hydrogen-bond acceptors (Lipinski definition) is 19. The molecule has 11 atom stereocenters. The van der Waals surface area contributed by atoms with Gasteiger partial charge in [-0.15, -0.1) is 10.2 Å². The highest BCUT2D eigenvalue weighted by atomic mass is 32.2. The van der Waals surface area contributed by atoms with Crippen molar-refractivity contribution in [3.63, 3.8) is 0 Å². The number of nitrogens with zero attached hydrogens (tertiary/aromatic N) is 8. The van der Waals surface area contributed by atoms with Gasteiger partial charge in [0.15, 0.2) is 0 Å². The maximum atomic E-state index is 14.8. The van der Waals surface area contributed by atoms with Crippen LogP contribution in [0, 0.1) is 23.7 Å². The predicted octanol–water partition coefficient (Wildman–Crippen LogP) is 4.44. The van der Waals surface area contributed by atoms with Crippen LogP contribution in [0.3, 0.4) is 0 Å². The highest BCUT2D eigenvalue weighted by Crippen LogP contribution is 2.43. The van der Waals surface area contributed by atoms with Crippen LogP contribution < -0.4 is 15.4 Å². The van der Waals surface area contributed by atoms with Gasteiger partial charge in [0, 0.05) is 64.7 Å².